The van der Waals surface area contributed by atoms with Crippen molar-refractivity contribution in [2.45, 2.75) is 76.8 Å². The van der Waals surface area contributed by atoms with Crippen LogP contribution in [0.4, 0.5) is 21.6 Å². The predicted molar refractivity (Wildman–Crippen MR) is 229 cm³/mol. The van der Waals surface area contributed by atoms with Crippen LogP contribution in [0.15, 0.2) is 66.7 Å². The van der Waals surface area contributed by atoms with Gasteiger partial charge in [-0.2, -0.15) is 5.10 Å². The molecule has 3 unspecified atom stereocenters. The van der Waals surface area contributed by atoms with Crippen LogP contribution in [0.2, 0.25) is 0 Å². The maximum Gasteiger partial charge on any atom is 0.262 e. The second-order valence-corrected chi connectivity index (χ2v) is 17.3. The number of fused-ring (bicyclic) bond motifs is 2. The van der Waals surface area contributed by atoms with Crippen molar-refractivity contribution in [2.24, 2.45) is 5.92 Å². The number of methoxy groups -OCH3 is 1. The number of rotatable bonds is 10. The van der Waals surface area contributed by atoms with Crippen LogP contribution in [0.25, 0.3) is 0 Å². The molecule has 6 heterocycles. The van der Waals surface area contributed by atoms with Gasteiger partial charge in [-0.15, -0.1) is 0 Å². The molecule has 63 heavy (non-hydrogen) atoms. The number of imide groups is 2. The molecule has 0 saturated carbocycles. The number of nitrogens with one attached hydrogen (secondary N) is 3. The van der Waals surface area contributed by atoms with Gasteiger partial charge < -0.3 is 24.8 Å². The molecule has 17 heteroatoms. The van der Waals surface area contributed by atoms with Gasteiger partial charge in [0, 0.05) is 75.2 Å². The first kappa shape index (κ1) is 41.9. The fourth-order valence-corrected chi connectivity index (χ4v) is 9.88. The van der Waals surface area contributed by atoms with Crippen molar-refractivity contribution in [3.63, 3.8) is 0 Å². The Morgan fingerprint density at radius 3 is 2.24 bits per heavy atom. The lowest BCUT2D eigenvalue weighted by atomic mass is 9.93. The summed E-state index contributed by atoms with van der Waals surface area (Å²) in [6, 6.07) is 18.5. The lowest BCUT2D eigenvalue weighted by molar-refractivity contribution is -0.143. The molecule has 3 aromatic carbocycles. The van der Waals surface area contributed by atoms with Gasteiger partial charge in [0.2, 0.25) is 11.8 Å². The quantitative estimate of drug-likeness (QED) is 0.194. The standard InChI is InChI=1S/C46H50FN9O7/c1-26-21-53(38-20-33-32(19-35(38)47)44(60)56(45(33)61)37-13-14-39(57)48-43(37)59)22-27(2)55(26)23-28-15-17-52(18-16-28)31-11-9-30(10-12-31)42(58)49-41-34-24-54(25-36(34)50-51-41)46(62)40(63-3)29-7-5-4-6-8-29/h4-12,19-20,26-28,37,40H,13-18,21-25H2,1-3H3,(H,48,57,59)(H2,49,50,51,58)/t26?,27?,37?,40-/m1/s1. The van der Waals surface area contributed by atoms with Gasteiger partial charge >= 0.3 is 0 Å². The number of benzene rings is 3. The second kappa shape index (κ2) is 17.0. The Labute approximate surface area is 363 Å². The van der Waals surface area contributed by atoms with Crippen LogP contribution < -0.4 is 20.4 Å². The highest BCUT2D eigenvalue weighted by Crippen LogP contribution is 2.36. The van der Waals surface area contributed by atoms with Crippen LogP contribution in [-0.2, 0) is 32.2 Å². The van der Waals surface area contributed by atoms with Crippen molar-refractivity contribution in [3.05, 3.63) is 106 Å². The highest BCUT2D eigenvalue weighted by atomic mass is 19.1. The van der Waals surface area contributed by atoms with Crippen LogP contribution in [0.1, 0.15) is 93.5 Å². The third-order valence-electron chi connectivity index (χ3n) is 13.3. The van der Waals surface area contributed by atoms with Gasteiger partial charge in [0.05, 0.1) is 35.6 Å². The number of aromatic amines is 1. The predicted octanol–water partition coefficient (Wildman–Crippen LogP) is 4.25. The van der Waals surface area contributed by atoms with E-state index in [1.54, 1.807) is 4.90 Å². The first-order chi connectivity index (χ1) is 30.4. The normalized spacial score (nSPS) is 22.3. The molecule has 0 radical (unpaired) electrons. The molecule has 0 aliphatic carbocycles. The zero-order chi connectivity index (χ0) is 44.1. The number of anilines is 3. The number of amides is 6. The molecule has 5 aliphatic heterocycles. The zero-order valence-corrected chi connectivity index (χ0v) is 35.4. The van der Waals surface area contributed by atoms with E-state index in [0.29, 0.717) is 43.5 Å². The smallest absolute Gasteiger partial charge is 0.262 e. The summed E-state index contributed by atoms with van der Waals surface area (Å²) in [7, 11) is 1.52. The number of H-pyrrole nitrogens is 1. The molecular weight excluding hydrogens is 810 g/mol. The van der Waals surface area contributed by atoms with Gasteiger partial charge in [-0.1, -0.05) is 30.3 Å². The summed E-state index contributed by atoms with van der Waals surface area (Å²) in [6.45, 7) is 8.58. The average molecular weight is 860 g/mol. The van der Waals surface area contributed by atoms with Crippen LogP contribution in [-0.4, -0.2) is 118 Å². The van der Waals surface area contributed by atoms with Gasteiger partial charge in [0.1, 0.15) is 11.9 Å². The number of piperazine rings is 1. The molecule has 0 spiro atoms. The lowest BCUT2D eigenvalue weighted by Gasteiger charge is -2.47. The fraction of sp³-hybridized carbons (Fsp3) is 0.413. The number of piperidine rings is 2. The lowest BCUT2D eigenvalue weighted by Crippen LogP contribution is -2.58. The van der Waals surface area contributed by atoms with E-state index in [2.05, 4.69) is 44.5 Å². The number of aromatic nitrogens is 2. The van der Waals surface area contributed by atoms with Crippen molar-refractivity contribution >= 4 is 52.6 Å². The molecule has 1 aromatic heterocycles. The van der Waals surface area contributed by atoms with E-state index in [4.69, 9.17) is 4.74 Å². The van der Waals surface area contributed by atoms with Gasteiger partial charge in [-0.05, 0) is 81.0 Å². The highest BCUT2D eigenvalue weighted by Gasteiger charge is 2.46. The summed E-state index contributed by atoms with van der Waals surface area (Å²) >= 11 is 0. The van der Waals surface area contributed by atoms with Crippen molar-refractivity contribution < 1.29 is 37.9 Å². The molecule has 6 amide bonds. The Morgan fingerprint density at radius 2 is 1.57 bits per heavy atom. The van der Waals surface area contributed by atoms with E-state index in [9.17, 15) is 28.8 Å². The highest BCUT2D eigenvalue weighted by molar-refractivity contribution is 6.23. The first-order valence-electron chi connectivity index (χ1n) is 21.5. The molecule has 3 N–H and O–H groups in total. The largest absolute Gasteiger partial charge is 0.372 e. The third kappa shape index (κ3) is 7.95. The number of hydrogen-bond acceptors (Lipinski definition) is 11. The monoisotopic (exact) mass is 859 g/mol. The number of hydrogen-bond donors (Lipinski definition) is 3. The minimum atomic E-state index is -1.11. The minimum Gasteiger partial charge on any atom is -0.372 e. The zero-order valence-electron chi connectivity index (χ0n) is 35.4. The number of carbonyl (C=O) groups is 6. The van der Waals surface area contributed by atoms with E-state index < -0.39 is 41.6 Å². The van der Waals surface area contributed by atoms with E-state index >= 15 is 4.39 Å². The van der Waals surface area contributed by atoms with E-state index in [-0.39, 0.29) is 53.6 Å². The number of nitrogens with zero attached hydrogens (tertiary/aromatic N) is 6. The van der Waals surface area contributed by atoms with Gasteiger partial charge in [0.15, 0.2) is 11.9 Å². The maximum absolute atomic E-state index is 15.7. The fourth-order valence-electron chi connectivity index (χ4n) is 9.88. The molecule has 4 atom stereocenters. The molecule has 328 valence electrons. The molecule has 3 saturated heterocycles. The molecule has 9 rings (SSSR count). The molecule has 5 aliphatic rings. The molecular formula is C46H50FN9O7. The Morgan fingerprint density at radius 1 is 0.889 bits per heavy atom. The van der Waals surface area contributed by atoms with Crippen molar-refractivity contribution in [3.8, 4) is 0 Å². The van der Waals surface area contributed by atoms with Crippen LogP contribution in [0, 0.1) is 11.7 Å². The summed E-state index contributed by atoms with van der Waals surface area (Å²) in [6.07, 6.45) is 1.29. The Balaban J connectivity index is 0.761. The van der Waals surface area contributed by atoms with Crippen LogP contribution in [0.3, 0.4) is 0 Å². The summed E-state index contributed by atoms with van der Waals surface area (Å²) in [5, 5.41) is 12.4. The summed E-state index contributed by atoms with van der Waals surface area (Å²) in [5.74, 6) is -2.74. The summed E-state index contributed by atoms with van der Waals surface area (Å²) in [4.78, 5) is 86.9. The van der Waals surface area contributed by atoms with E-state index in [1.165, 1.54) is 13.2 Å². The third-order valence-corrected chi connectivity index (χ3v) is 13.3. The van der Waals surface area contributed by atoms with Crippen molar-refractivity contribution in [1.82, 2.24) is 30.2 Å². The number of carbonyl (C=O) groups excluding carboxylic acids is 6. The molecule has 4 aromatic rings. The first-order valence-corrected chi connectivity index (χ1v) is 21.5. The van der Waals surface area contributed by atoms with E-state index in [0.717, 1.165) is 66.0 Å². The van der Waals surface area contributed by atoms with Crippen molar-refractivity contribution in [1.29, 1.82) is 0 Å². The van der Waals surface area contributed by atoms with Gasteiger partial charge in [-0.25, -0.2) is 4.39 Å². The topological polar surface area (TPSA) is 181 Å². The Kier molecular flexibility index (Phi) is 11.3. The maximum atomic E-state index is 15.7. The van der Waals surface area contributed by atoms with Gasteiger partial charge in [0.25, 0.3) is 23.6 Å². The summed E-state index contributed by atoms with van der Waals surface area (Å²) in [5.41, 5.74) is 4.10. The molecule has 0 bridgehead atoms. The summed E-state index contributed by atoms with van der Waals surface area (Å²) < 4.78 is 21.3. The second-order valence-electron chi connectivity index (χ2n) is 17.3. The average Bonchev–Trinajstić information content (AvgIpc) is 3.94. The SMILES string of the molecule is CO[C@@H](C(=O)N1Cc2[nH]nc(NC(=O)c3ccc(N4CCC(CN5C(C)CN(c6cc7c(cc6F)C(=O)N(C6CCC(=O)NC6=O)C7=O)CC5C)CC4)cc3)c2C1)c1ccccc1. The Bertz CT molecular complexity index is 2460. The minimum absolute atomic E-state index is 0.00812. The number of ether oxygens (including phenoxy) is 1. The Hall–Kier alpha value is -6.46. The van der Waals surface area contributed by atoms with Crippen LogP contribution in [0.5, 0.6) is 0 Å². The van der Waals surface area contributed by atoms with Gasteiger partial charge in [-0.3, -0.25) is 49.0 Å². The molecule has 16 nitrogen and oxygen atoms in total. The van der Waals surface area contributed by atoms with Crippen molar-refractivity contribution in [2.75, 3.05) is 55.0 Å². The molecule has 3 fully saturated rings. The van der Waals surface area contributed by atoms with E-state index in [1.807, 2.05) is 59.5 Å². The number of halogens is 1. The van der Waals surface area contributed by atoms with Crippen LogP contribution >= 0.6 is 0 Å².